The van der Waals surface area contributed by atoms with Gasteiger partial charge in [-0.3, -0.25) is 9.59 Å². The van der Waals surface area contributed by atoms with Gasteiger partial charge in [0.1, 0.15) is 0 Å². The van der Waals surface area contributed by atoms with Crippen LogP contribution in [0.2, 0.25) is 0 Å². The summed E-state index contributed by atoms with van der Waals surface area (Å²) in [5.41, 5.74) is 2.56. The third kappa shape index (κ3) is 3.98. The Kier molecular flexibility index (Phi) is 5.80. The van der Waals surface area contributed by atoms with Crippen molar-refractivity contribution in [3.63, 3.8) is 0 Å². The van der Waals surface area contributed by atoms with Crippen LogP contribution in [0.15, 0.2) is 41.3 Å². The van der Waals surface area contributed by atoms with Crippen LogP contribution in [0.5, 0.6) is 0 Å². The van der Waals surface area contributed by atoms with Crippen molar-refractivity contribution in [2.75, 3.05) is 26.3 Å². The van der Waals surface area contributed by atoms with Crippen LogP contribution in [0.4, 0.5) is 0 Å². The van der Waals surface area contributed by atoms with Crippen LogP contribution in [-0.4, -0.2) is 57.2 Å². The summed E-state index contributed by atoms with van der Waals surface area (Å²) in [6.07, 6.45) is 4.44. The third-order valence-corrected chi connectivity index (χ3v) is 7.00. The van der Waals surface area contributed by atoms with Crippen LogP contribution in [0.3, 0.4) is 0 Å². The Labute approximate surface area is 192 Å². The van der Waals surface area contributed by atoms with E-state index in [4.69, 9.17) is 9.47 Å². The lowest BCUT2D eigenvalue weighted by molar-refractivity contribution is -0.187. The number of hydrogen-bond donors (Lipinski definition) is 0. The second-order valence-electron chi connectivity index (χ2n) is 8.90. The number of nitrogens with zero attached hydrogens (tertiary/aromatic N) is 4. The average Bonchev–Trinajstić information content (AvgIpc) is 3.38. The fraction of sp³-hybridized carbons (Fsp3) is 0.480. The topological polar surface area (TPSA) is 78.6 Å². The van der Waals surface area contributed by atoms with Crippen molar-refractivity contribution in [1.29, 1.82) is 0 Å². The molecule has 0 radical (unpaired) electrons. The highest BCUT2D eigenvalue weighted by Gasteiger charge is 2.40. The number of likely N-dealkylation sites (tertiary alicyclic amines) is 1. The quantitative estimate of drug-likeness (QED) is 0.597. The van der Waals surface area contributed by atoms with Gasteiger partial charge in [0.2, 0.25) is 5.91 Å². The number of carbonyl (C=O) groups is 1. The summed E-state index contributed by atoms with van der Waals surface area (Å²) in [7, 11) is 0. The number of aromatic nitrogens is 3. The standard InChI is InChI=1S/C25H30N4O4/c1-18-21-17-26-29(20-7-4-3-5-8-20)24(31)23(21)19(2)28(18)12-6-9-22(30)27-13-10-25(11-14-27)32-15-16-33-25/h3-5,7-8,17H,6,9-16H2,1-2H3. The van der Waals surface area contributed by atoms with Gasteiger partial charge in [-0.15, -0.1) is 0 Å². The van der Waals surface area contributed by atoms with Gasteiger partial charge >= 0.3 is 0 Å². The molecule has 0 bridgehead atoms. The zero-order chi connectivity index (χ0) is 23.0. The summed E-state index contributed by atoms with van der Waals surface area (Å²) in [5, 5.41) is 5.96. The van der Waals surface area contributed by atoms with E-state index in [0.717, 1.165) is 41.7 Å². The highest BCUT2D eigenvalue weighted by molar-refractivity contribution is 5.87. The molecular weight excluding hydrogens is 420 g/mol. The van der Waals surface area contributed by atoms with Gasteiger partial charge in [0.25, 0.3) is 5.56 Å². The number of piperidine rings is 1. The molecule has 174 valence electrons. The lowest BCUT2D eigenvalue weighted by Crippen LogP contribution is -2.47. The number of benzene rings is 1. The van der Waals surface area contributed by atoms with Crippen LogP contribution >= 0.6 is 0 Å². The molecule has 1 spiro atoms. The molecule has 3 aromatic rings. The van der Waals surface area contributed by atoms with Gasteiger partial charge in [-0.05, 0) is 32.4 Å². The Bertz CT molecular complexity index is 1210. The van der Waals surface area contributed by atoms with Crippen molar-refractivity contribution < 1.29 is 14.3 Å². The van der Waals surface area contributed by atoms with Crippen molar-refractivity contribution in [3.05, 3.63) is 58.3 Å². The molecule has 0 atom stereocenters. The summed E-state index contributed by atoms with van der Waals surface area (Å²) >= 11 is 0. The highest BCUT2D eigenvalue weighted by atomic mass is 16.7. The summed E-state index contributed by atoms with van der Waals surface area (Å²) in [4.78, 5) is 27.9. The zero-order valence-corrected chi connectivity index (χ0v) is 19.2. The van der Waals surface area contributed by atoms with Crippen LogP contribution in [0.1, 0.15) is 37.1 Å². The molecule has 0 N–H and O–H groups in total. The van der Waals surface area contributed by atoms with Gasteiger partial charge in [0.15, 0.2) is 5.79 Å². The highest BCUT2D eigenvalue weighted by Crippen LogP contribution is 2.31. The minimum atomic E-state index is -0.461. The second-order valence-corrected chi connectivity index (χ2v) is 8.90. The van der Waals surface area contributed by atoms with Crippen molar-refractivity contribution in [1.82, 2.24) is 19.2 Å². The number of amides is 1. The third-order valence-electron chi connectivity index (χ3n) is 7.00. The molecule has 33 heavy (non-hydrogen) atoms. The zero-order valence-electron chi connectivity index (χ0n) is 19.2. The smallest absolute Gasteiger partial charge is 0.281 e. The van der Waals surface area contributed by atoms with Gasteiger partial charge in [0, 0.05) is 55.7 Å². The fourth-order valence-electron chi connectivity index (χ4n) is 5.13. The van der Waals surface area contributed by atoms with Crippen molar-refractivity contribution in [2.24, 2.45) is 0 Å². The van der Waals surface area contributed by atoms with Crippen molar-refractivity contribution in [2.45, 2.75) is 51.9 Å². The SMILES string of the molecule is Cc1c2cnn(-c3ccccc3)c(=O)c2c(C)n1CCCC(=O)N1CCC2(CC1)OCCO2. The molecule has 0 aliphatic carbocycles. The Hall–Kier alpha value is -2.97. The maximum atomic E-state index is 13.2. The first-order valence-electron chi connectivity index (χ1n) is 11.7. The van der Waals surface area contributed by atoms with E-state index < -0.39 is 5.79 Å². The molecule has 5 rings (SSSR count). The molecule has 0 saturated carbocycles. The Balaban J connectivity index is 1.27. The summed E-state index contributed by atoms with van der Waals surface area (Å²) in [6, 6.07) is 9.45. The Morgan fingerprint density at radius 3 is 2.45 bits per heavy atom. The van der Waals surface area contributed by atoms with Gasteiger partial charge in [0.05, 0.1) is 30.5 Å². The maximum Gasteiger partial charge on any atom is 0.281 e. The molecular formula is C25H30N4O4. The van der Waals surface area contributed by atoms with Gasteiger partial charge in [-0.2, -0.15) is 9.78 Å². The molecule has 1 aromatic carbocycles. The molecule has 2 aliphatic rings. The Morgan fingerprint density at radius 2 is 1.76 bits per heavy atom. The van der Waals surface area contributed by atoms with Crippen LogP contribution < -0.4 is 5.56 Å². The first-order chi connectivity index (χ1) is 16.0. The number of para-hydroxylation sites is 1. The van der Waals surface area contributed by atoms with E-state index in [1.54, 1.807) is 6.20 Å². The number of carbonyl (C=O) groups excluding carboxylic acids is 1. The lowest BCUT2D eigenvalue weighted by atomic mass is 10.0. The number of aryl methyl sites for hydroxylation is 2. The molecule has 8 heteroatoms. The average molecular weight is 451 g/mol. The van der Waals surface area contributed by atoms with E-state index in [1.165, 1.54) is 4.68 Å². The molecule has 2 aromatic heterocycles. The van der Waals surface area contributed by atoms with Crippen LogP contribution in [-0.2, 0) is 20.8 Å². The number of hydrogen-bond acceptors (Lipinski definition) is 5. The van der Waals surface area contributed by atoms with Crippen molar-refractivity contribution in [3.8, 4) is 5.69 Å². The first kappa shape index (κ1) is 21.9. The summed E-state index contributed by atoms with van der Waals surface area (Å²) < 4.78 is 15.1. The van der Waals surface area contributed by atoms with E-state index in [9.17, 15) is 9.59 Å². The monoisotopic (exact) mass is 450 g/mol. The van der Waals surface area contributed by atoms with Crippen LogP contribution in [0, 0.1) is 13.8 Å². The predicted molar refractivity (Wildman–Crippen MR) is 124 cm³/mol. The lowest BCUT2D eigenvalue weighted by Gasteiger charge is -2.37. The number of rotatable bonds is 5. The van der Waals surface area contributed by atoms with E-state index in [1.807, 2.05) is 49.1 Å². The van der Waals surface area contributed by atoms with Crippen LogP contribution in [0.25, 0.3) is 16.5 Å². The van der Waals surface area contributed by atoms with Gasteiger partial charge < -0.3 is 18.9 Å². The molecule has 2 fully saturated rings. The van der Waals surface area contributed by atoms with Crippen molar-refractivity contribution >= 4 is 16.7 Å². The molecule has 0 unspecified atom stereocenters. The normalized spacial score (nSPS) is 17.8. The Morgan fingerprint density at radius 1 is 1.06 bits per heavy atom. The maximum absolute atomic E-state index is 13.2. The fourth-order valence-corrected chi connectivity index (χ4v) is 5.13. The summed E-state index contributed by atoms with van der Waals surface area (Å²) in [6.45, 7) is 7.31. The molecule has 2 aliphatic heterocycles. The number of fused-ring (bicyclic) bond motifs is 1. The van der Waals surface area contributed by atoms with Gasteiger partial charge in [-0.1, -0.05) is 18.2 Å². The molecule has 8 nitrogen and oxygen atoms in total. The predicted octanol–water partition coefficient (Wildman–Crippen LogP) is 2.95. The molecule has 4 heterocycles. The van der Waals surface area contributed by atoms with E-state index in [2.05, 4.69) is 9.67 Å². The van der Waals surface area contributed by atoms with E-state index >= 15 is 0 Å². The van der Waals surface area contributed by atoms with Gasteiger partial charge in [-0.25, -0.2) is 0 Å². The molecule has 2 saturated heterocycles. The second kappa shape index (κ2) is 8.76. The first-order valence-corrected chi connectivity index (χ1v) is 11.7. The molecule has 1 amide bonds. The minimum absolute atomic E-state index is 0.118. The largest absolute Gasteiger partial charge is 0.348 e. The summed E-state index contributed by atoms with van der Waals surface area (Å²) in [5.74, 6) is -0.292. The van der Waals surface area contributed by atoms with E-state index in [0.29, 0.717) is 44.7 Å². The van der Waals surface area contributed by atoms with E-state index in [-0.39, 0.29) is 11.5 Å². The number of ether oxygens (including phenoxy) is 2. The minimum Gasteiger partial charge on any atom is -0.348 e.